The molecule has 4 nitrogen and oxygen atoms in total. The van der Waals surface area contributed by atoms with Crippen molar-refractivity contribution in [3.63, 3.8) is 0 Å². The number of hydrogen-bond donors (Lipinski definition) is 0. The summed E-state index contributed by atoms with van der Waals surface area (Å²) < 4.78 is 50.2. The Bertz CT molecular complexity index is 1210. The number of alkyl halides is 3. The summed E-state index contributed by atoms with van der Waals surface area (Å²) >= 11 is 0. The van der Waals surface area contributed by atoms with E-state index in [0.717, 1.165) is 23.0 Å². The fourth-order valence-electron chi connectivity index (χ4n) is 2.97. The number of nitriles is 1. The van der Waals surface area contributed by atoms with Gasteiger partial charge in [0.1, 0.15) is 0 Å². The molecule has 124 valence electrons. The van der Waals surface area contributed by atoms with E-state index in [4.69, 9.17) is 6.63 Å². The first-order valence-electron chi connectivity index (χ1n) is 7.85. The van der Waals surface area contributed by atoms with Gasteiger partial charge in [-0.25, -0.2) is 4.98 Å². The molecule has 0 saturated carbocycles. The zero-order valence-corrected chi connectivity index (χ0v) is 13.0. The number of aryl methyl sites for hydroxylation is 1. The van der Waals surface area contributed by atoms with E-state index in [9.17, 15) is 13.2 Å². The van der Waals surface area contributed by atoms with E-state index in [1.54, 1.807) is 40.7 Å². The van der Waals surface area contributed by atoms with Crippen molar-refractivity contribution in [3.8, 4) is 11.8 Å². The van der Waals surface area contributed by atoms with Crippen LogP contribution in [0.1, 0.15) is 12.5 Å². The zero-order chi connectivity index (χ0) is 18.6. The van der Waals surface area contributed by atoms with Crippen LogP contribution in [0.25, 0.3) is 27.8 Å². The fraction of sp³-hybridized carbons (Fsp3) is 0.111. The van der Waals surface area contributed by atoms with E-state index in [1.807, 2.05) is 0 Å². The molecule has 0 spiro atoms. The number of halogens is 3. The maximum absolute atomic E-state index is 12.9. The van der Waals surface area contributed by atoms with Crippen molar-refractivity contribution in [1.29, 1.82) is 5.26 Å². The first-order chi connectivity index (χ1) is 12.3. The van der Waals surface area contributed by atoms with Gasteiger partial charge in [0.05, 0.1) is 35.9 Å². The number of imidazole rings is 1. The molecular formula is C18H11F3N4. The van der Waals surface area contributed by atoms with Crippen molar-refractivity contribution in [3.05, 3.63) is 59.9 Å². The Morgan fingerprint density at radius 2 is 2.00 bits per heavy atom. The van der Waals surface area contributed by atoms with Gasteiger partial charge in [0.2, 0.25) is 0 Å². The standard InChI is InChI=1S/C18H11F3N4/c1-24-10-23-17-16(24)14-8-11(9-22)2-7-15(14)25(17)13-5-3-12(4-6-13)18(19,20)21/h2-8,10H,1H3/i5D. The van der Waals surface area contributed by atoms with Crippen LogP contribution < -0.4 is 0 Å². The molecule has 0 N–H and O–H groups in total. The third-order valence-corrected chi connectivity index (χ3v) is 4.12. The van der Waals surface area contributed by atoms with Gasteiger partial charge in [-0.3, -0.25) is 4.57 Å². The van der Waals surface area contributed by atoms with Crippen molar-refractivity contribution in [2.75, 3.05) is 0 Å². The minimum atomic E-state index is -4.50. The molecule has 4 rings (SSSR count). The molecule has 0 saturated heterocycles. The van der Waals surface area contributed by atoms with Crippen LogP contribution in [0.2, 0.25) is 0 Å². The zero-order valence-electron chi connectivity index (χ0n) is 14.0. The summed E-state index contributed by atoms with van der Waals surface area (Å²) in [6, 6.07) is 9.92. The van der Waals surface area contributed by atoms with E-state index in [0.29, 0.717) is 22.4 Å². The van der Waals surface area contributed by atoms with E-state index in [2.05, 4.69) is 11.1 Å². The average Bonchev–Trinajstić information content (AvgIpc) is 3.12. The Morgan fingerprint density at radius 3 is 2.68 bits per heavy atom. The average molecular weight is 341 g/mol. The molecule has 0 aliphatic carbocycles. The Balaban J connectivity index is 2.07. The van der Waals surface area contributed by atoms with Crippen molar-refractivity contribution >= 4 is 22.1 Å². The Morgan fingerprint density at radius 1 is 1.20 bits per heavy atom. The molecule has 7 heteroatoms. The lowest BCUT2D eigenvalue weighted by molar-refractivity contribution is -0.137. The Labute approximate surface area is 141 Å². The molecule has 4 aromatic rings. The molecule has 2 heterocycles. The number of nitrogens with zero attached hydrogens (tertiary/aromatic N) is 4. The summed E-state index contributed by atoms with van der Waals surface area (Å²) in [5.41, 5.74) is 1.83. The molecule has 0 aliphatic heterocycles. The molecule has 0 fully saturated rings. The minimum Gasteiger partial charge on any atom is -0.332 e. The Kier molecular flexibility index (Phi) is 2.88. The predicted octanol–water partition coefficient (Wildman–Crippen LogP) is 4.41. The Hall–Kier alpha value is -3.27. The van der Waals surface area contributed by atoms with Crippen molar-refractivity contribution < 1.29 is 14.5 Å². The molecule has 0 amide bonds. The number of benzene rings is 2. The lowest BCUT2D eigenvalue weighted by Gasteiger charge is -2.09. The van der Waals surface area contributed by atoms with Crippen LogP contribution in [-0.2, 0) is 13.2 Å². The fourth-order valence-corrected chi connectivity index (χ4v) is 2.97. The van der Waals surface area contributed by atoms with Crippen LogP contribution >= 0.6 is 0 Å². The van der Waals surface area contributed by atoms with Crippen LogP contribution in [0.3, 0.4) is 0 Å². The van der Waals surface area contributed by atoms with Gasteiger partial charge in [-0.1, -0.05) is 0 Å². The normalized spacial score (nSPS) is 12.5. The molecule has 0 aliphatic rings. The lowest BCUT2D eigenvalue weighted by atomic mass is 10.1. The number of rotatable bonds is 1. The first-order valence-corrected chi connectivity index (χ1v) is 7.35. The third-order valence-electron chi connectivity index (χ3n) is 4.12. The van der Waals surface area contributed by atoms with Gasteiger partial charge >= 0.3 is 6.18 Å². The quantitative estimate of drug-likeness (QED) is 0.515. The monoisotopic (exact) mass is 341 g/mol. The molecule has 25 heavy (non-hydrogen) atoms. The molecular weight excluding hydrogens is 329 g/mol. The van der Waals surface area contributed by atoms with E-state index >= 15 is 0 Å². The second-order valence-electron chi connectivity index (χ2n) is 5.67. The summed E-state index contributed by atoms with van der Waals surface area (Å²) in [6.45, 7) is 0. The highest BCUT2D eigenvalue weighted by atomic mass is 19.4. The van der Waals surface area contributed by atoms with Gasteiger partial charge in [0.25, 0.3) is 0 Å². The largest absolute Gasteiger partial charge is 0.416 e. The summed E-state index contributed by atoms with van der Waals surface area (Å²) in [5, 5.41) is 9.90. The van der Waals surface area contributed by atoms with Crippen LogP contribution in [0.15, 0.2) is 48.8 Å². The van der Waals surface area contributed by atoms with Gasteiger partial charge in [-0.15, -0.1) is 0 Å². The highest BCUT2D eigenvalue weighted by molar-refractivity contribution is 6.06. The topological polar surface area (TPSA) is 46.5 Å². The third kappa shape index (κ3) is 2.26. The second-order valence-corrected chi connectivity index (χ2v) is 5.67. The summed E-state index contributed by atoms with van der Waals surface area (Å²) in [4.78, 5) is 4.34. The van der Waals surface area contributed by atoms with E-state index in [-0.39, 0.29) is 6.04 Å². The molecule has 0 unspecified atom stereocenters. The summed E-state index contributed by atoms with van der Waals surface area (Å²) in [6.07, 6.45) is -2.91. The van der Waals surface area contributed by atoms with Crippen molar-refractivity contribution in [1.82, 2.24) is 14.1 Å². The van der Waals surface area contributed by atoms with Gasteiger partial charge in [0.15, 0.2) is 5.65 Å². The summed E-state index contributed by atoms with van der Waals surface area (Å²) in [7, 11) is 1.80. The van der Waals surface area contributed by atoms with E-state index < -0.39 is 11.7 Å². The van der Waals surface area contributed by atoms with Gasteiger partial charge in [-0.2, -0.15) is 18.4 Å². The second kappa shape index (κ2) is 5.11. The van der Waals surface area contributed by atoms with Gasteiger partial charge in [0, 0.05) is 18.1 Å². The molecule has 0 bridgehead atoms. The van der Waals surface area contributed by atoms with Crippen LogP contribution in [0.5, 0.6) is 0 Å². The maximum atomic E-state index is 12.9. The molecule has 0 radical (unpaired) electrons. The first kappa shape index (κ1) is 14.1. The van der Waals surface area contributed by atoms with Gasteiger partial charge in [-0.05, 0) is 42.4 Å². The molecule has 2 aromatic heterocycles. The highest BCUT2D eigenvalue weighted by Gasteiger charge is 2.30. The van der Waals surface area contributed by atoms with Crippen molar-refractivity contribution in [2.24, 2.45) is 7.05 Å². The van der Waals surface area contributed by atoms with Crippen LogP contribution in [0.4, 0.5) is 13.2 Å². The number of aromatic nitrogens is 3. The lowest BCUT2D eigenvalue weighted by Crippen LogP contribution is -2.05. The SMILES string of the molecule is [2H]c1cc(C(F)(F)F)ccc1-n1c2ccc(C#N)cc2c2c1ncn2C. The minimum absolute atomic E-state index is 0.256. The smallest absolute Gasteiger partial charge is 0.332 e. The van der Waals surface area contributed by atoms with Crippen LogP contribution in [-0.4, -0.2) is 14.1 Å². The van der Waals surface area contributed by atoms with Crippen LogP contribution in [0, 0.1) is 11.3 Å². The summed E-state index contributed by atoms with van der Waals surface area (Å²) in [5.74, 6) is 0. The van der Waals surface area contributed by atoms with Gasteiger partial charge < -0.3 is 4.57 Å². The molecule has 0 atom stereocenters. The van der Waals surface area contributed by atoms with E-state index in [1.165, 1.54) is 6.07 Å². The maximum Gasteiger partial charge on any atom is 0.416 e. The number of fused-ring (bicyclic) bond motifs is 3. The molecule has 2 aromatic carbocycles. The predicted molar refractivity (Wildman–Crippen MR) is 87.3 cm³/mol. The highest BCUT2D eigenvalue weighted by Crippen LogP contribution is 2.33. The number of hydrogen-bond acceptors (Lipinski definition) is 2. The van der Waals surface area contributed by atoms with Crippen molar-refractivity contribution in [2.45, 2.75) is 6.18 Å².